The van der Waals surface area contributed by atoms with E-state index in [1.54, 1.807) is 0 Å². The van der Waals surface area contributed by atoms with Crippen LogP contribution in [0.2, 0.25) is 0 Å². The van der Waals surface area contributed by atoms with E-state index in [9.17, 15) is 4.79 Å². The quantitative estimate of drug-likeness (QED) is 0.885. The lowest BCUT2D eigenvalue weighted by molar-refractivity contribution is -0.138. The summed E-state index contributed by atoms with van der Waals surface area (Å²) in [4.78, 5) is 10.8. The van der Waals surface area contributed by atoms with Crippen LogP contribution in [0.5, 0.6) is 0 Å². The van der Waals surface area contributed by atoms with Gasteiger partial charge in [-0.3, -0.25) is 4.79 Å². The summed E-state index contributed by atoms with van der Waals surface area (Å²) in [6.45, 7) is 1.87. The molecule has 1 rings (SSSR count). The third kappa shape index (κ3) is 2.56. The molecule has 0 heterocycles. The van der Waals surface area contributed by atoms with Crippen molar-refractivity contribution in [2.24, 2.45) is 0 Å². The Morgan fingerprint density at radius 2 is 2.31 bits per heavy atom. The van der Waals surface area contributed by atoms with Crippen LogP contribution in [0.15, 0.2) is 28.7 Å². The summed E-state index contributed by atoms with van der Waals surface area (Å²) in [6.07, 6.45) is 0.617. The molecule has 13 heavy (non-hydrogen) atoms. The molecule has 0 aliphatic carbocycles. The van der Waals surface area contributed by atoms with E-state index in [0.717, 1.165) is 10.0 Å². The van der Waals surface area contributed by atoms with E-state index < -0.39 is 11.9 Å². The third-order valence-corrected chi connectivity index (χ3v) is 2.45. The van der Waals surface area contributed by atoms with Gasteiger partial charge < -0.3 is 5.11 Å². The van der Waals surface area contributed by atoms with Crippen LogP contribution in [0.3, 0.4) is 0 Å². The van der Waals surface area contributed by atoms with Gasteiger partial charge in [-0.1, -0.05) is 35.0 Å². The Morgan fingerprint density at radius 3 is 2.77 bits per heavy atom. The molecule has 0 spiro atoms. The van der Waals surface area contributed by atoms with Crippen LogP contribution in [-0.2, 0) is 4.79 Å². The van der Waals surface area contributed by atoms with Crippen LogP contribution in [0, 0.1) is 0 Å². The maximum atomic E-state index is 10.8. The minimum atomic E-state index is -0.763. The highest BCUT2D eigenvalue weighted by molar-refractivity contribution is 9.10. The molecule has 1 unspecified atom stereocenters. The fourth-order valence-corrected chi connectivity index (χ4v) is 1.69. The van der Waals surface area contributed by atoms with Gasteiger partial charge in [0.15, 0.2) is 0 Å². The molecule has 0 radical (unpaired) electrons. The number of hydrogen-bond acceptors (Lipinski definition) is 1. The number of aliphatic carboxylic acids is 1. The van der Waals surface area contributed by atoms with Gasteiger partial charge in [-0.25, -0.2) is 0 Å². The average molecular weight is 243 g/mol. The number of carboxylic acid groups (broad SMARTS) is 1. The Balaban J connectivity index is 2.98. The molecule has 3 heteroatoms. The van der Waals surface area contributed by atoms with Gasteiger partial charge in [0.1, 0.15) is 0 Å². The standard InChI is InChI=1S/C10H11BrO2/c1-2-9(10(12)13)7-4-3-5-8(11)6-7/h3-6,9H,2H2,1H3,(H,12,13). The van der Waals surface area contributed by atoms with Crippen molar-refractivity contribution in [1.29, 1.82) is 0 Å². The number of hydrogen-bond donors (Lipinski definition) is 1. The van der Waals surface area contributed by atoms with E-state index in [4.69, 9.17) is 5.11 Å². The zero-order chi connectivity index (χ0) is 9.84. The molecule has 1 atom stereocenters. The molecule has 0 aromatic heterocycles. The molecule has 0 saturated heterocycles. The van der Waals surface area contributed by atoms with Crippen molar-refractivity contribution in [3.05, 3.63) is 34.3 Å². The Bertz CT molecular complexity index is 310. The number of halogens is 1. The Labute approximate surface area is 85.7 Å². The van der Waals surface area contributed by atoms with Crippen LogP contribution in [0.25, 0.3) is 0 Å². The van der Waals surface area contributed by atoms with Gasteiger partial charge in [-0.15, -0.1) is 0 Å². The minimum absolute atomic E-state index is 0.391. The zero-order valence-electron chi connectivity index (χ0n) is 7.33. The molecule has 2 nitrogen and oxygen atoms in total. The molecule has 0 aliphatic rings. The second-order valence-electron chi connectivity index (χ2n) is 2.85. The van der Waals surface area contributed by atoms with E-state index >= 15 is 0 Å². The maximum absolute atomic E-state index is 10.8. The van der Waals surface area contributed by atoms with Crippen molar-refractivity contribution >= 4 is 21.9 Å². The van der Waals surface area contributed by atoms with Crippen molar-refractivity contribution in [2.75, 3.05) is 0 Å². The Morgan fingerprint density at radius 1 is 1.62 bits per heavy atom. The van der Waals surface area contributed by atoms with E-state index in [2.05, 4.69) is 15.9 Å². The van der Waals surface area contributed by atoms with Crippen molar-refractivity contribution in [2.45, 2.75) is 19.3 Å². The molecule has 1 aromatic carbocycles. The fraction of sp³-hybridized carbons (Fsp3) is 0.300. The van der Waals surface area contributed by atoms with Gasteiger partial charge in [-0.05, 0) is 24.1 Å². The zero-order valence-corrected chi connectivity index (χ0v) is 8.91. The second kappa shape index (κ2) is 4.42. The van der Waals surface area contributed by atoms with Gasteiger partial charge in [0.25, 0.3) is 0 Å². The lowest BCUT2D eigenvalue weighted by Crippen LogP contribution is -2.10. The van der Waals surface area contributed by atoms with Crippen LogP contribution in [0.1, 0.15) is 24.8 Å². The molecule has 0 fully saturated rings. The summed E-state index contributed by atoms with van der Waals surface area (Å²) in [5.41, 5.74) is 0.851. The molecular formula is C10H11BrO2. The first kappa shape index (κ1) is 10.3. The van der Waals surface area contributed by atoms with Crippen LogP contribution >= 0.6 is 15.9 Å². The van der Waals surface area contributed by atoms with Crippen LogP contribution < -0.4 is 0 Å². The number of carboxylic acids is 1. The molecule has 70 valence electrons. The fourth-order valence-electron chi connectivity index (χ4n) is 1.28. The monoisotopic (exact) mass is 242 g/mol. The van der Waals surface area contributed by atoms with Gasteiger partial charge >= 0.3 is 5.97 Å². The van der Waals surface area contributed by atoms with E-state index in [-0.39, 0.29) is 0 Å². The second-order valence-corrected chi connectivity index (χ2v) is 3.77. The maximum Gasteiger partial charge on any atom is 0.310 e. The summed E-state index contributed by atoms with van der Waals surface area (Å²) in [7, 11) is 0. The normalized spacial score (nSPS) is 12.5. The lowest BCUT2D eigenvalue weighted by atomic mass is 9.97. The molecule has 0 saturated carbocycles. The first-order valence-electron chi connectivity index (χ1n) is 4.13. The lowest BCUT2D eigenvalue weighted by Gasteiger charge is -2.09. The third-order valence-electron chi connectivity index (χ3n) is 1.96. The predicted octanol–water partition coefficient (Wildman–Crippen LogP) is 3.03. The number of benzene rings is 1. The summed E-state index contributed by atoms with van der Waals surface area (Å²) in [5.74, 6) is -1.15. The summed E-state index contributed by atoms with van der Waals surface area (Å²) < 4.78 is 0.921. The topological polar surface area (TPSA) is 37.3 Å². The largest absolute Gasteiger partial charge is 0.481 e. The van der Waals surface area contributed by atoms with Crippen molar-refractivity contribution < 1.29 is 9.90 Å². The van der Waals surface area contributed by atoms with E-state index in [0.29, 0.717) is 6.42 Å². The van der Waals surface area contributed by atoms with E-state index in [1.807, 2.05) is 31.2 Å². The molecule has 0 amide bonds. The van der Waals surface area contributed by atoms with Gasteiger partial charge in [-0.2, -0.15) is 0 Å². The van der Waals surface area contributed by atoms with Crippen molar-refractivity contribution in [3.8, 4) is 0 Å². The molecule has 1 aromatic rings. The van der Waals surface area contributed by atoms with Gasteiger partial charge in [0.05, 0.1) is 5.92 Å². The highest BCUT2D eigenvalue weighted by Crippen LogP contribution is 2.22. The molecule has 0 aliphatic heterocycles. The minimum Gasteiger partial charge on any atom is -0.481 e. The van der Waals surface area contributed by atoms with Gasteiger partial charge in [0, 0.05) is 4.47 Å². The molecule has 1 N–H and O–H groups in total. The Kier molecular flexibility index (Phi) is 3.48. The average Bonchev–Trinajstić information content (AvgIpc) is 2.04. The van der Waals surface area contributed by atoms with Crippen molar-refractivity contribution in [3.63, 3.8) is 0 Å². The SMILES string of the molecule is CCC(C(=O)O)c1cccc(Br)c1. The Hall–Kier alpha value is -0.830. The smallest absolute Gasteiger partial charge is 0.310 e. The molecular weight excluding hydrogens is 232 g/mol. The van der Waals surface area contributed by atoms with Crippen LogP contribution in [-0.4, -0.2) is 11.1 Å². The first-order valence-corrected chi connectivity index (χ1v) is 4.92. The highest BCUT2D eigenvalue weighted by Gasteiger charge is 2.16. The summed E-state index contributed by atoms with van der Waals surface area (Å²) in [6, 6.07) is 7.43. The highest BCUT2D eigenvalue weighted by atomic mass is 79.9. The first-order chi connectivity index (χ1) is 6.15. The number of carbonyl (C=O) groups is 1. The van der Waals surface area contributed by atoms with Gasteiger partial charge in [0.2, 0.25) is 0 Å². The van der Waals surface area contributed by atoms with Crippen molar-refractivity contribution in [1.82, 2.24) is 0 Å². The number of rotatable bonds is 3. The molecule has 0 bridgehead atoms. The van der Waals surface area contributed by atoms with E-state index in [1.165, 1.54) is 0 Å². The summed E-state index contributed by atoms with van der Waals surface area (Å²) in [5, 5.41) is 8.90. The van der Waals surface area contributed by atoms with Crippen LogP contribution in [0.4, 0.5) is 0 Å². The predicted molar refractivity (Wildman–Crippen MR) is 54.8 cm³/mol. The summed E-state index contributed by atoms with van der Waals surface area (Å²) >= 11 is 3.32.